The van der Waals surface area contributed by atoms with Crippen LogP contribution >= 0.6 is 0 Å². The number of hydrogen-bond donors (Lipinski definition) is 2. The van der Waals surface area contributed by atoms with Crippen molar-refractivity contribution in [1.82, 2.24) is 39.7 Å². The molecule has 0 radical (unpaired) electrons. The number of H-pyrrole nitrogens is 2. The molecular formula is C34H30N8O2. The minimum atomic E-state index is -0.0493. The molecule has 10 nitrogen and oxygen atoms in total. The molecule has 44 heavy (non-hydrogen) atoms. The molecule has 8 rings (SSSR count). The van der Waals surface area contributed by atoms with Gasteiger partial charge in [-0.05, 0) is 86.5 Å². The van der Waals surface area contributed by atoms with Gasteiger partial charge >= 0.3 is 0 Å². The highest BCUT2D eigenvalue weighted by molar-refractivity contribution is 5.90. The van der Waals surface area contributed by atoms with Gasteiger partial charge in [-0.15, -0.1) is 10.2 Å². The molecule has 7 aromatic rings. The molecular weight excluding hydrogens is 552 g/mol. The molecule has 1 aliphatic carbocycles. The monoisotopic (exact) mass is 582 g/mol. The Balaban J connectivity index is 1.35. The zero-order valence-corrected chi connectivity index (χ0v) is 24.5. The normalized spacial score (nSPS) is 14.2. The van der Waals surface area contributed by atoms with Crippen molar-refractivity contribution >= 4 is 32.8 Å². The first kappa shape index (κ1) is 26.3. The number of pyridine rings is 2. The number of rotatable bonds is 4. The molecule has 0 atom stereocenters. The number of fused-ring (bicyclic) bond motifs is 3. The van der Waals surface area contributed by atoms with Crippen LogP contribution in [0, 0.1) is 13.8 Å². The summed E-state index contributed by atoms with van der Waals surface area (Å²) in [6, 6.07) is 19.8. The Bertz CT molecular complexity index is 2340. The SMILES string of the molecule is Cc1c(C)n(-c2ccc3[nH]ccc(=O)c3c2)c2ccc(-c3nc4cc(-c5nn[nH]n5)ccc4n3C3CCCCC3)cc2c1=O. The molecule has 0 aliphatic heterocycles. The van der Waals surface area contributed by atoms with Gasteiger partial charge in [0, 0.05) is 62.7 Å². The van der Waals surface area contributed by atoms with Crippen molar-refractivity contribution in [2.75, 3.05) is 0 Å². The number of aromatic amines is 2. The van der Waals surface area contributed by atoms with E-state index < -0.39 is 0 Å². The van der Waals surface area contributed by atoms with Gasteiger partial charge in [0.2, 0.25) is 5.82 Å². The highest BCUT2D eigenvalue weighted by atomic mass is 16.1. The van der Waals surface area contributed by atoms with E-state index >= 15 is 0 Å². The largest absolute Gasteiger partial charge is 0.361 e. The average molecular weight is 583 g/mol. The maximum absolute atomic E-state index is 13.8. The second kappa shape index (κ2) is 10.1. The molecule has 0 unspecified atom stereocenters. The van der Waals surface area contributed by atoms with E-state index in [-0.39, 0.29) is 10.9 Å². The molecule has 0 amide bonds. The molecule has 218 valence electrons. The summed E-state index contributed by atoms with van der Waals surface area (Å²) in [4.78, 5) is 34.8. The highest BCUT2D eigenvalue weighted by Crippen LogP contribution is 2.37. The Morgan fingerprint density at radius 1 is 0.841 bits per heavy atom. The van der Waals surface area contributed by atoms with Gasteiger partial charge in [-0.3, -0.25) is 9.59 Å². The molecule has 10 heteroatoms. The molecule has 1 saturated carbocycles. The maximum atomic E-state index is 13.8. The van der Waals surface area contributed by atoms with Gasteiger partial charge in [0.25, 0.3) is 0 Å². The van der Waals surface area contributed by atoms with E-state index in [1.807, 2.05) is 56.3 Å². The average Bonchev–Trinajstić information content (AvgIpc) is 3.73. The smallest absolute Gasteiger partial charge is 0.204 e. The third-order valence-corrected chi connectivity index (χ3v) is 9.19. The fraction of sp³-hybridized carbons (Fsp3) is 0.235. The van der Waals surface area contributed by atoms with Crippen LogP contribution in [0.4, 0.5) is 0 Å². The Labute approximate surface area is 251 Å². The number of hydrogen-bond acceptors (Lipinski definition) is 6. The van der Waals surface area contributed by atoms with Crippen LogP contribution in [0.25, 0.3) is 61.3 Å². The number of tetrazole rings is 1. The van der Waals surface area contributed by atoms with Crippen LogP contribution in [0.1, 0.15) is 49.4 Å². The van der Waals surface area contributed by atoms with Gasteiger partial charge in [0.15, 0.2) is 10.9 Å². The van der Waals surface area contributed by atoms with E-state index in [0.717, 1.165) is 63.2 Å². The third kappa shape index (κ3) is 4.09. The number of benzene rings is 3. The number of nitrogens with zero attached hydrogens (tertiary/aromatic N) is 6. The van der Waals surface area contributed by atoms with Crippen LogP contribution in [-0.4, -0.2) is 39.7 Å². The summed E-state index contributed by atoms with van der Waals surface area (Å²) in [5.41, 5.74) is 7.48. The fourth-order valence-electron chi connectivity index (χ4n) is 6.83. The lowest BCUT2D eigenvalue weighted by molar-refractivity contribution is 0.362. The van der Waals surface area contributed by atoms with Crippen molar-refractivity contribution in [3.05, 3.63) is 98.6 Å². The summed E-state index contributed by atoms with van der Waals surface area (Å²) in [6.07, 6.45) is 7.44. The van der Waals surface area contributed by atoms with E-state index in [1.165, 1.54) is 25.3 Å². The van der Waals surface area contributed by atoms with Crippen molar-refractivity contribution in [2.45, 2.75) is 52.0 Å². The minimum Gasteiger partial charge on any atom is -0.361 e. The van der Waals surface area contributed by atoms with Gasteiger partial charge in [0.05, 0.1) is 16.6 Å². The molecule has 0 spiro atoms. The van der Waals surface area contributed by atoms with E-state index in [1.54, 1.807) is 6.20 Å². The molecule has 1 fully saturated rings. The maximum Gasteiger partial charge on any atom is 0.204 e. The van der Waals surface area contributed by atoms with E-state index in [9.17, 15) is 9.59 Å². The quantitative estimate of drug-likeness (QED) is 0.256. The molecule has 1 aliphatic rings. The summed E-state index contributed by atoms with van der Waals surface area (Å²) in [5, 5.41) is 15.7. The number of nitrogens with one attached hydrogen (secondary N) is 2. The predicted molar refractivity (Wildman–Crippen MR) is 171 cm³/mol. The zero-order valence-electron chi connectivity index (χ0n) is 24.5. The third-order valence-electron chi connectivity index (χ3n) is 9.19. The summed E-state index contributed by atoms with van der Waals surface area (Å²) >= 11 is 0. The number of aromatic nitrogens is 8. The Morgan fingerprint density at radius 2 is 1.66 bits per heavy atom. The van der Waals surface area contributed by atoms with Crippen LogP contribution in [0.5, 0.6) is 0 Å². The Morgan fingerprint density at radius 3 is 2.48 bits per heavy atom. The Hall–Kier alpha value is -5.38. The lowest BCUT2D eigenvalue weighted by atomic mass is 9.94. The first-order chi connectivity index (χ1) is 21.5. The second-order valence-corrected chi connectivity index (χ2v) is 11.7. The minimum absolute atomic E-state index is 0.00560. The molecule has 3 aromatic carbocycles. The van der Waals surface area contributed by atoms with Crippen molar-refractivity contribution < 1.29 is 0 Å². The predicted octanol–water partition coefficient (Wildman–Crippen LogP) is 6.15. The summed E-state index contributed by atoms with van der Waals surface area (Å²) in [7, 11) is 0. The van der Waals surface area contributed by atoms with Crippen molar-refractivity contribution in [2.24, 2.45) is 0 Å². The Kier molecular flexibility index (Phi) is 6.04. The zero-order chi connectivity index (χ0) is 29.9. The molecule has 4 heterocycles. The number of imidazole rings is 1. The van der Waals surface area contributed by atoms with Gasteiger partial charge in [0.1, 0.15) is 5.82 Å². The second-order valence-electron chi connectivity index (χ2n) is 11.7. The van der Waals surface area contributed by atoms with Crippen LogP contribution < -0.4 is 10.9 Å². The highest BCUT2D eigenvalue weighted by Gasteiger charge is 2.24. The topological polar surface area (TPSA) is 127 Å². The van der Waals surface area contributed by atoms with Crippen molar-refractivity contribution in [3.8, 4) is 28.5 Å². The lowest BCUT2D eigenvalue weighted by Gasteiger charge is -2.26. The van der Waals surface area contributed by atoms with Crippen molar-refractivity contribution in [3.63, 3.8) is 0 Å². The van der Waals surface area contributed by atoms with Crippen LogP contribution in [0.15, 0.2) is 76.4 Å². The summed E-state index contributed by atoms with van der Waals surface area (Å²) < 4.78 is 4.44. The first-order valence-corrected chi connectivity index (χ1v) is 15.0. The standard InChI is InChI=1S/C34H30N8O2/c1-19-20(2)41(24-10-11-27-25(18-24)31(43)14-15-35-27)29-12-9-22(16-26(29)32(19)44)34-36-28-17-21(33-37-39-40-38-33)8-13-30(28)42(34)23-6-4-3-5-7-23/h8-18,23H,3-7H2,1-2H3,(H,35,43)(H,37,38,39,40). The van der Waals surface area contributed by atoms with Crippen molar-refractivity contribution in [1.29, 1.82) is 0 Å². The van der Waals surface area contributed by atoms with E-state index in [2.05, 4.69) is 46.9 Å². The lowest BCUT2D eigenvalue weighted by Crippen LogP contribution is -2.16. The van der Waals surface area contributed by atoms with Gasteiger partial charge in [-0.2, -0.15) is 5.21 Å². The molecule has 4 aromatic heterocycles. The van der Waals surface area contributed by atoms with E-state index in [4.69, 9.17) is 4.98 Å². The first-order valence-electron chi connectivity index (χ1n) is 15.0. The fourth-order valence-corrected chi connectivity index (χ4v) is 6.83. The van der Waals surface area contributed by atoms with Crippen LogP contribution in [0.2, 0.25) is 0 Å². The van der Waals surface area contributed by atoms with Gasteiger partial charge in [-0.25, -0.2) is 4.98 Å². The van der Waals surface area contributed by atoms with E-state index in [0.29, 0.717) is 28.2 Å². The molecule has 0 saturated heterocycles. The molecule has 0 bridgehead atoms. The van der Waals surface area contributed by atoms with Crippen LogP contribution in [-0.2, 0) is 0 Å². The van der Waals surface area contributed by atoms with Gasteiger partial charge < -0.3 is 14.1 Å². The molecule has 2 N–H and O–H groups in total. The van der Waals surface area contributed by atoms with Crippen LogP contribution in [0.3, 0.4) is 0 Å². The summed E-state index contributed by atoms with van der Waals surface area (Å²) in [5.74, 6) is 1.37. The van der Waals surface area contributed by atoms with Gasteiger partial charge in [-0.1, -0.05) is 19.3 Å². The summed E-state index contributed by atoms with van der Waals surface area (Å²) in [6.45, 7) is 3.82.